The predicted molar refractivity (Wildman–Crippen MR) is 86.8 cm³/mol. The van der Waals surface area contributed by atoms with Crippen molar-refractivity contribution in [1.82, 2.24) is 5.32 Å². The first kappa shape index (κ1) is 16.3. The minimum Gasteiger partial charge on any atom is -0.494 e. The molecule has 1 aliphatic heterocycles. The van der Waals surface area contributed by atoms with E-state index >= 15 is 0 Å². The lowest BCUT2D eigenvalue weighted by molar-refractivity contribution is 0.0103. The highest BCUT2D eigenvalue weighted by molar-refractivity contribution is 5.29. The molecule has 2 rings (SSSR count). The molecule has 0 aliphatic carbocycles. The zero-order valence-corrected chi connectivity index (χ0v) is 13.7. The van der Waals surface area contributed by atoms with E-state index in [1.54, 1.807) is 0 Å². The van der Waals surface area contributed by atoms with Crippen LogP contribution in [0.2, 0.25) is 0 Å². The van der Waals surface area contributed by atoms with Gasteiger partial charge in [0.2, 0.25) is 0 Å². The zero-order chi connectivity index (χ0) is 15.1. The van der Waals surface area contributed by atoms with Crippen molar-refractivity contribution in [3.8, 4) is 5.75 Å². The topological polar surface area (TPSA) is 30.5 Å². The van der Waals surface area contributed by atoms with Crippen molar-refractivity contribution in [2.24, 2.45) is 5.41 Å². The molecule has 0 aromatic heterocycles. The van der Waals surface area contributed by atoms with Crippen LogP contribution in [-0.2, 0) is 4.74 Å². The van der Waals surface area contributed by atoms with Gasteiger partial charge in [0.25, 0.3) is 0 Å². The number of nitrogens with one attached hydrogen (secondary N) is 1. The second-order valence-electron chi connectivity index (χ2n) is 6.06. The Hall–Kier alpha value is -1.06. The lowest BCUT2D eigenvalue weighted by Gasteiger charge is -2.29. The first-order chi connectivity index (χ1) is 10.2. The van der Waals surface area contributed by atoms with Gasteiger partial charge in [0.1, 0.15) is 5.75 Å². The molecule has 0 saturated carbocycles. The number of hydrogen-bond acceptors (Lipinski definition) is 3. The van der Waals surface area contributed by atoms with Crippen LogP contribution >= 0.6 is 0 Å². The van der Waals surface area contributed by atoms with Gasteiger partial charge < -0.3 is 14.8 Å². The fourth-order valence-corrected chi connectivity index (χ4v) is 2.77. The van der Waals surface area contributed by atoms with Gasteiger partial charge in [-0.2, -0.15) is 0 Å². The average Bonchev–Trinajstić information content (AvgIpc) is 2.76. The first-order valence-corrected chi connectivity index (χ1v) is 8.28. The molecule has 118 valence electrons. The number of rotatable bonds is 6. The smallest absolute Gasteiger partial charge is 0.119 e. The Morgan fingerprint density at radius 3 is 2.52 bits per heavy atom. The van der Waals surface area contributed by atoms with E-state index in [4.69, 9.17) is 9.47 Å². The van der Waals surface area contributed by atoms with Crippen LogP contribution in [0.3, 0.4) is 0 Å². The summed E-state index contributed by atoms with van der Waals surface area (Å²) in [5, 5.41) is 3.58. The van der Waals surface area contributed by atoms with Gasteiger partial charge in [-0.15, -0.1) is 0 Å². The maximum Gasteiger partial charge on any atom is 0.119 e. The number of hydrogen-bond donors (Lipinski definition) is 1. The predicted octanol–water partition coefficient (Wildman–Crippen LogP) is 3.94. The Kier molecular flexibility index (Phi) is 6.07. The summed E-state index contributed by atoms with van der Waals surface area (Å²) in [6.07, 6.45) is 3.50. The summed E-state index contributed by atoms with van der Waals surface area (Å²) in [5.41, 5.74) is 1.52. The van der Waals surface area contributed by atoms with Crippen LogP contribution in [0, 0.1) is 5.41 Å². The molecule has 1 fully saturated rings. The van der Waals surface area contributed by atoms with Crippen LogP contribution in [0.4, 0.5) is 0 Å². The molecular weight excluding hydrogens is 262 g/mol. The third-order valence-electron chi connectivity index (χ3n) is 4.65. The van der Waals surface area contributed by atoms with Gasteiger partial charge in [-0.25, -0.2) is 0 Å². The maximum absolute atomic E-state index is 6.20. The molecule has 3 heteroatoms. The molecule has 21 heavy (non-hydrogen) atoms. The minimum atomic E-state index is 0.144. The zero-order valence-electron chi connectivity index (χ0n) is 13.7. The summed E-state index contributed by atoms with van der Waals surface area (Å²) in [6, 6.07) is 8.35. The standard InChI is InChI=1S/C18H29NO2/c1-4-11-20-16-9-7-15(8-10-16)17-12-19-13-18(5-2,6-3)14-21-17/h7-10,17,19H,4-6,11-14H2,1-3H3. The fraction of sp³-hybridized carbons (Fsp3) is 0.667. The third-order valence-corrected chi connectivity index (χ3v) is 4.65. The molecule has 1 aliphatic rings. The van der Waals surface area contributed by atoms with Crippen molar-refractivity contribution >= 4 is 0 Å². The third kappa shape index (κ3) is 4.21. The van der Waals surface area contributed by atoms with Gasteiger partial charge >= 0.3 is 0 Å². The van der Waals surface area contributed by atoms with Crippen molar-refractivity contribution in [2.45, 2.75) is 46.1 Å². The molecule has 1 aromatic carbocycles. The van der Waals surface area contributed by atoms with Gasteiger partial charge in [-0.1, -0.05) is 32.9 Å². The summed E-state index contributed by atoms with van der Waals surface area (Å²) in [4.78, 5) is 0. The van der Waals surface area contributed by atoms with Gasteiger partial charge in [-0.3, -0.25) is 0 Å². The highest BCUT2D eigenvalue weighted by Gasteiger charge is 2.31. The van der Waals surface area contributed by atoms with Gasteiger partial charge in [0, 0.05) is 18.5 Å². The summed E-state index contributed by atoms with van der Waals surface area (Å²) in [6.45, 7) is 10.2. The Morgan fingerprint density at radius 2 is 1.90 bits per heavy atom. The molecule has 0 bridgehead atoms. The SMILES string of the molecule is CCCOc1ccc(C2CNCC(CC)(CC)CO2)cc1. The van der Waals surface area contributed by atoms with Gasteiger partial charge in [-0.05, 0) is 37.0 Å². The number of ether oxygens (including phenoxy) is 2. The molecule has 1 atom stereocenters. The van der Waals surface area contributed by atoms with E-state index in [1.807, 2.05) is 12.1 Å². The quantitative estimate of drug-likeness (QED) is 0.861. The van der Waals surface area contributed by atoms with Crippen molar-refractivity contribution < 1.29 is 9.47 Å². The van der Waals surface area contributed by atoms with E-state index in [-0.39, 0.29) is 6.10 Å². The highest BCUT2D eigenvalue weighted by atomic mass is 16.5. The Labute approximate surface area is 129 Å². The van der Waals surface area contributed by atoms with Crippen LogP contribution in [0.1, 0.15) is 51.7 Å². The van der Waals surface area contributed by atoms with E-state index in [0.717, 1.165) is 51.3 Å². The molecule has 3 nitrogen and oxygen atoms in total. The van der Waals surface area contributed by atoms with Crippen molar-refractivity contribution in [3.05, 3.63) is 29.8 Å². The molecule has 0 radical (unpaired) electrons. The second kappa shape index (κ2) is 7.81. The highest BCUT2D eigenvalue weighted by Crippen LogP contribution is 2.31. The van der Waals surface area contributed by atoms with E-state index in [0.29, 0.717) is 5.41 Å². The van der Waals surface area contributed by atoms with Crippen molar-refractivity contribution in [2.75, 3.05) is 26.3 Å². The molecular formula is C18H29NO2. The van der Waals surface area contributed by atoms with Crippen LogP contribution in [0.25, 0.3) is 0 Å². The number of benzene rings is 1. The van der Waals surface area contributed by atoms with Crippen LogP contribution in [-0.4, -0.2) is 26.3 Å². The Bertz CT molecular complexity index is 412. The summed E-state index contributed by atoms with van der Waals surface area (Å²) < 4.78 is 11.8. The first-order valence-electron chi connectivity index (χ1n) is 8.28. The van der Waals surface area contributed by atoms with Crippen LogP contribution in [0.15, 0.2) is 24.3 Å². The maximum atomic E-state index is 6.20. The second-order valence-corrected chi connectivity index (χ2v) is 6.06. The molecule has 1 unspecified atom stereocenters. The van der Waals surface area contributed by atoms with E-state index in [1.165, 1.54) is 5.56 Å². The molecule has 0 spiro atoms. The molecule has 1 N–H and O–H groups in total. The summed E-state index contributed by atoms with van der Waals surface area (Å²) >= 11 is 0. The lowest BCUT2D eigenvalue weighted by Crippen LogP contribution is -2.34. The van der Waals surface area contributed by atoms with Crippen molar-refractivity contribution in [1.29, 1.82) is 0 Å². The van der Waals surface area contributed by atoms with Crippen LogP contribution < -0.4 is 10.1 Å². The lowest BCUT2D eigenvalue weighted by atomic mass is 9.83. The fourth-order valence-electron chi connectivity index (χ4n) is 2.77. The van der Waals surface area contributed by atoms with E-state index < -0.39 is 0 Å². The molecule has 1 aromatic rings. The van der Waals surface area contributed by atoms with Gasteiger partial charge in [0.15, 0.2) is 0 Å². The largest absolute Gasteiger partial charge is 0.494 e. The average molecular weight is 291 g/mol. The monoisotopic (exact) mass is 291 g/mol. The van der Waals surface area contributed by atoms with Gasteiger partial charge in [0.05, 0.1) is 19.3 Å². The summed E-state index contributed by atoms with van der Waals surface area (Å²) in [7, 11) is 0. The Morgan fingerprint density at radius 1 is 1.19 bits per heavy atom. The van der Waals surface area contributed by atoms with Crippen LogP contribution in [0.5, 0.6) is 5.75 Å². The summed E-state index contributed by atoms with van der Waals surface area (Å²) in [5.74, 6) is 0.943. The molecule has 1 heterocycles. The Balaban J connectivity index is 1.98. The normalized spacial score (nSPS) is 21.8. The molecule has 1 saturated heterocycles. The van der Waals surface area contributed by atoms with E-state index in [2.05, 4.69) is 38.2 Å². The minimum absolute atomic E-state index is 0.144. The molecule has 0 amide bonds. The van der Waals surface area contributed by atoms with E-state index in [9.17, 15) is 0 Å². The van der Waals surface area contributed by atoms with Crippen molar-refractivity contribution in [3.63, 3.8) is 0 Å².